The predicted octanol–water partition coefficient (Wildman–Crippen LogP) is 0.387. The Morgan fingerprint density at radius 1 is 1.42 bits per heavy atom. The van der Waals surface area contributed by atoms with E-state index in [4.69, 9.17) is 0 Å². The van der Waals surface area contributed by atoms with E-state index in [1.54, 1.807) is 27.1 Å². The second kappa shape index (κ2) is 7.72. The molecule has 1 heterocycles. The number of likely N-dealkylation sites (tertiary alicyclic amines) is 1. The zero-order valence-corrected chi connectivity index (χ0v) is 14.3. The van der Waals surface area contributed by atoms with Gasteiger partial charge in [0.05, 0.1) is 18.7 Å². The number of aliphatic hydroxyl groups excluding tert-OH is 1. The number of carbonyl (C=O) groups is 2. The van der Waals surface area contributed by atoms with Gasteiger partial charge in [0, 0.05) is 32.7 Å². The molecule has 0 unspecified atom stereocenters. The second-order valence-electron chi connectivity index (χ2n) is 6.42. The molecule has 2 amide bonds. The first-order valence-electron chi connectivity index (χ1n) is 7.95. The van der Waals surface area contributed by atoms with Crippen molar-refractivity contribution < 1.29 is 19.1 Å². The van der Waals surface area contributed by atoms with Crippen LogP contribution in [0.1, 0.15) is 22.3 Å². The normalized spacial score (nSPS) is 21.4. The number of rotatable bonds is 4. The summed E-state index contributed by atoms with van der Waals surface area (Å²) in [5, 5.41) is 13.0. The highest BCUT2D eigenvalue weighted by molar-refractivity contribution is 5.95. The third-order valence-corrected chi connectivity index (χ3v) is 4.28. The standard InChI is InChI=1S/C17H24FN3O3/c1-11-4-5-12(18)8-13(11)17(24)19-14-6-7-21(9-15(14)22)10-16(23)20(2)3/h4-5,8,14-15,22H,6-7,9-10H2,1-3H3,(H,19,24)/t14-,15-/m1/s1. The lowest BCUT2D eigenvalue weighted by Crippen LogP contribution is -2.55. The van der Waals surface area contributed by atoms with Crippen molar-refractivity contribution in [3.63, 3.8) is 0 Å². The number of aryl methyl sites for hydroxylation is 1. The Kier molecular flexibility index (Phi) is 5.90. The van der Waals surface area contributed by atoms with E-state index in [-0.39, 0.29) is 18.0 Å². The molecule has 7 heteroatoms. The summed E-state index contributed by atoms with van der Waals surface area (Å²) in [5.74, 6) is -0.891. The monoisotopic (exact) mass is 337 g/mol. The van der Waals surface area contributed by atoms with Gasteiger partial charge in [-0.2, -0.15) is 0 Å². The van der Waals surface area contributed by atoms with E-state index in [2.05, 4.69) is 5.32 Å². The van der Waals surface area contributed by atoms with E-state index in [9.17, 15) is 19.1 Å². The molecule has 1 saturated heterocycles. The number of hydrogen-bond donors (Lipinski definition) is 2. The van der Waals surface area contributed by atoms with Gasteiger partial charge in [-0.3, -0.25) is 14.5 Å². The van der Waals surface area contributed by atoms with Gasteiger partial charge in [0.2, 0.25) is 5.91 Å². The van der Waals surface area contributed by atoms with Crippen molar-refractivity contribution in [1.29, 1.82) is 0 Å². The Hall–Kier alpha value is -1.99. The highest BCUT2D eigenvalue weighted by Crippen LogP contribution is 2.14. The first-order valence-corrected chi connectivity index (χ1v) is 7.95. The SMILES string of the molecule is Cc1ccc(F)cc1C(=O)N[C@@H]1CCN(CC(=O)N(C)C)C[C@H]1O. The zero-order valence-electron chi connectivity index (χ0n) is 14.3. The molecule has 0 aromatic heterocycles. The number of carbonyl (C=O) groups excluding carboxylic acids is 2. The van der Waals surface area contributed by atoms with Crippen LogP contribution in [-0.2, 0) is 4.79 Å². The van der Waals surface area contributed by atoms with Gasteiger partial charge in [-0.1, -0.05) is 6.07 Å². The molecule has 132 valence electrons. The summed E-state index contributed by atoms with van der Waals surface area (Å²) in [6.45, 7) is 2.89. The third kappa shape index (κ3) is 4.52. The topological polar surface area (TPSA) is 72.9 Å². The van der Waals surface area contributed by atoms with Crippen molar-refractivity contribution in [3.05, 3.63) is 35.1 Å². The van der Waals surface area contributed by atoms with Gasteiger partial charge in [0.25, 0.3) is 5.91 Å². The Balaban J connectivity index is 1.94. The van der Waals surface area contributed by atoms with Gasteiger partial charge in [-0.15, -0.1) is 0 Å². The number of nitrogens with one attached hydrogen (secondary N) is 1. The first kappa shape index (κ1) is 18.4. The van der Waals surface area contributed by atoms with Crippen LogP contribution in [0.5, 0.6) is 0 Å². The lowest BCUT2D eigenvalue weighted by atomic mass is 10.0. The molecule has 2 N–H and O–H groups in total. The Bertz CT molecular complexity index is 621. The molecule has 1 aromatic rings. The van der Waals surface area contributed by atoms with Gasteiger partial charge >= 0.3 is 0 Å². The summed E-state index contributed by atoms with van der Waals surface area (Å²) in [5.41, 5.74) is 0.949. The Labute approximate surface area is 141 Å². The number of likely N-dealkylation sites (N-methyl/N-ethyl adjacent to an activating group) is 1. The van der Waals surface area contributed by atoms with Crippen molar-refractivity contribution in [3.8, 4) is 0 Å². The molecule has 1 aliphatic heterocycles. The van der Waals surface area contributed by atoms with Crippen LogP contribution < -0.4 is 5.32 Å². The highest BCUT2D eigenvalue weighted by atomic mass is 19.1. The van der Waals surface area contributed by atoms with Gasteiger partial charge in [-0.25, -0.2) is 4.39 Å². The van der Waals surface area contributed by atoms with Gasteiger partial charge in [0.15, 0.2) is 0 Å². The van der Waals surface area contributed by atoms with Crippen LogP contribution in [0.4, 0.5) is 4.39 Å². The number of benzene rings is 1. The van der Waals surface area contributed by atoms with Crippen molar-refractivity contribution >= 4 is 11.8 Å². The summed E-state index contributed by atoms with van der Waals surface area (Å²) in [4.78, 5) is 27.4. The average molecular weight is 337 g/mol. The molecule has 2 atom stereocenters. The molecule has 24 heavy (non-hydrogen) atoms. The molecule has 0 saturated carbocycles. The molecule has 2 rings (SSSR count). The quantitative estimate of drug-likeness (QED) is 0.834. The van der Waals surface area contributed by atoms with Crippen molar-refractivity contribution in [2.45, 2.75) is 25.5 Å². The number of piperidine rings is 1. The number of nitrogens with zero attached hydrogens (tertiary/aromatic N) is 2. The van der Waals surface area contributed by atoms with Crippen LogP contribution in [0.2, 0.25) is 0 Å². The summed E-state index contributed by atoms with van der Waals surface area (Å²) in [6.07, 6.45) is -0.242. The lowest BCUT2D eigenvalue weighted by Gasteiger charge is -2.36. The molecule has 0 aliphatic carbocycles. The van der Waals surface area contributed by atoms with Crippen LogP contribution in [0.15, 0.2) is 18.2 Å². The number of aliphatic hydroxyl groups is 1. The summed E-state index contributed by atoms with van der Waals surface area (Å²) < 4.78 is 13.3. The van der Waals surface area contributed by atoms with Gasteiger partial charge in [-0.05, 0) is 31.0 Å². The summed E-state index contributed by atoms with van der Waals surface area (Å²) in [6, 6.07) is 3.64. The van der Waals surface area contributed by atoms with E-state index >= 15 is 0 Å². The van der Waals surface area contributed by atoms with E-state index in [0.29, 0.717) is 25.1 Å². The van der Waals surface area contributed by atoms with Crippen LogP contribution in [0.25, 0.3) is 0 Å². The molecule has 0 radical (unpaired) electrons. The minimum Gasteiger partial charge on any atom is -0.390 e. The van der Waals surface area contributed by atoms with E-state index in [1.165, 1.54) is 17.0 Å². The minimum atomic E-state index is -0.772. The fraction of sp³-hybridized carbons (Fsp3) is 0.529. The van der Waals surface area contributed by atoms with Crippen LogP contribution >= 0.6 is 0 Å². The van der Waals surface area contributed by atoms with Crippen molar-refractivity contribution in [1.82, 2.24) is 15.1 Å². The van der Waals surface area contributed by atoms with Crippen LogP contribution in [-0.4, -0.2) is 72.6 Å². The number of halogens is 1. The van der Waals surface area contributed by atoms with Gasteiger partial charge < -0.3 is 15.3 Å². The van der Waals surface area contributed by atoms with Crippen molar-refractivity contribution in [2.75, 3.05) is 33.7 Å². The largest absolute Gasteiger partial charge is 0.390 e. The molecule has 1 aliphatic rings. The van der Waals surface area contributed by atoms with Crippen LogP contribution in [0.3, 0.4) is 0 Å². The maximum absolute atomic E-state index is 13.3. The summed E-state index contributed by atoms with van der Waals surface area (Å²) in [7, 11) is 3.38. The fourth-order valence-electron chi connectivity index (χ4n) is 2.73. The van der Waals surface area contributed by atoms with E-state index in [1.807, 2.05) is 4.90 Å². The molecule has 1 fully saturated rings. The zero-order chi connectivity index (χ0) is 17.9. The molecule has 0 spiro atoms. The van der Waals surface area contributed by atoms with E-state index < -0.39 is 23.9 Å². The molecular weight excluding hydrogens is 313 g/mol. The second-order valence-corrected chi connectivity index (χ2v) is 6.42. The minimum absolute atomic E-state index is 0.0277. The highest BCUT2D eigenvalue weighted by Gasteiger charge is 2.30. The smallest absolute Gasteiger partial charge is 0.251 e. The number of β-amino-alcohol motifs (C(OH)–C–C–N with tert-alkyl or cyclic N) is 1. The number of hydrogen-bond acceptors (Lipinski definition) is 4. The number of amides is 2. The molecular formula is C17H24FN3O3. The molecule has 6 nitrogen and oxygen atoms in total. The molecule has 1 aromatic carbocycles. The Morgan fingerprint density at radius 2 is 2.12 bits per heavy atom. The van der Waals surface area contributed by atoms with E-state index in [0.717, 1.165) is 0 Å². The van der Waals surface area contributed by atoms with Crippen molar-refractivity contribution in [2.24, 2.45) is 0 Å². The average Bonchev–Trinajstić information content (AvgIpc) is 2.52. The van der Waals surface area contributed by atoms with Crippen LogP contribution in [0, 0.1) is 12.7 Å². The Morgan fingerprint density at radius 3 is 2.75 bits per heavy atom. The fourth-order valence-corrected chi connectivity index (χ4v) is 2.73. The maximum Gasteiger partial charge on any atom is 0.251 e. The molecule has 0 bridgehead atoms. The summed E-state index contributed by atoms with van der Waals surface area (Å²) >= 11 is 0. The third-order valence-electron chi connectivity index (χ3n) is 4.28. The first-order chi connectivity index (χ1) is 11.3. The predicted molar refractivity (Wildman–Crippen MR) is 88.1 cm³/mol. The van der Waals surface area contributed by atoms with Gasteiger partial charge in [0.1, 0.15) is 5.82 Å². The maximum atomic E-state index is 13.3. The lowest BCUT2D eigenvalue weighted by molar-refractivity contribution is -0.130.